The first-order valence-electron chi connectivity index (χ1n) is 14.3. The van der Waals surface area contributed by atoms with Crippen LogP contribution in [0.5, 0.6) is 0 Å². The van der Waals surface area contributed by atoms with Gasteiger partial charge in [-0.3, -0.25) is 19.2 Å². The van der Waals surface area contributed by atoms with Crippen molar-refractivity contribution in [1.29, 1.82) is 0 Å². The number of carbonyl (C=O) groups is 5. The second-order valence-electron chi connectivity index (χ2n) is 10.6. The van der Waals surface area contributed by atoms with Crippen molar-refractivity contribution in [3.63, 3.8) is 0 Å². The van der Waals surface area contributed by atoms with Crippen LogP contribution in [0.15, 0.2) is 73.3 Å². The lowest BCUT2D eigenvalue weighted by Gasteiger charge is -2.25. The van der Waals surface area contributed by atoms with E-state index >= 15 is 0 Å². The number of rotatable bonds is 16. The number of H-pyrrole nitrogens is 2. The van der Waals surface area contributed by atoms with Crippen LogP contribution in [0, 0.1) is 0 Å². The number of benzene rings is 2. The summed E-state index contributed by atoms with van der Waals surface area (Å²) < 4.78 is 0. The van der Waals surface area contributed by atoms with Crippen molar-refractivity contribution in [2.45, 2.75) is 56.3 Å². The highest BCUT2D eigenvalue weighted by Gasteiger charge is 2.31. The van der Waals surface area contributed by atoms with E-state index in [1.165, 1.54) is 12.5 Å². The number of nitrogens with one attached hydrogen (secondary N) is 5. The number of hydrogen-bond acceptors (Lipinski definition) is 7. The molecule has 0 saturated heterocycles. The summed E-state index contributed by atoms with van der Waals surface area (Å²) in [6.45, 7) is 0. The third kappa shape index (κ3) is 9.24. The topological polar surface area (TPSA) is 232 Å². The summed E-state index contributed by atoms with van der Waals surface area (Å²) >= 11 is 0. The molecule has 0 aliphatic rings. The van der Waals surface area contributed by atoms with Crippen LogP contribution in [0.25, 0.3) is 10.9 Å². The molecule has 14 heteroatoms. The molecule has 0 aliphatic carbocycles. The highest BCUT2D eigenvalue weighted by Crippen LogP contribution is 2.19. The number of nitrogens with two attached hydrogens (primary N) is 1. The number of aliphatic carboxylic acids is 2. The average molecular weight is 618 g/mol. The quantitative estimate of drug-likeness (QED) is 0.0880. The van der Waals surface area contributed by atoms with E-state index < -0.39 is 60.2 Å². The van der Waals surface area contributed by atoms with Crippen LogP contribution in [-0.4, -0.2) is 79.0 Å². The highest BCUT2D eigenvalue weighted by atomic mass is 16.4. The monoisotopic (exact) mass is 617 g/mol. The van der Waals surface area contributed by atoms with E-state index in [1.807, 2.05) is 30.3 Å². The van der Waals surface area contributed by atoms with Crippen molar-refractivity contribution in [3.8, 4) is 0 Å². The lowest BCUT2D eigenvalue weighted by Crippen LogP contribution is -2.58. The smallest absolute Gasteiger partial charge is 0.326 e. The van der Waals surface area contributed by atoms with Gasteiger partial charge in [-0.2, -0.15) is 0 Å². The molecule has 0 aliphatic heterocycles. The predicted octanol–water partition coefficient (Wildman–Crippen LogP) is 0.650. The Balaban J connectivity index is 1.49. The number of aromatic nitrogens is 3. The van der Waals surface area contributed by atoms with Gasteiger partial charge in [0.1, 0.15) is 18.1 Å². The summed E-state index contributed by atoms with van der Waals surface area (Å²) in [5, 5.41) is 27.6. The first kappa shape index (κ1) is 32.4. The summed E-state index contributed by atoms with van der Waals surface area (Å²) in [7, 11) is 0. The molecule has 45 heavy (non-hydrogen) atoms. The Labute approximate surface area is 257 Å². The number of carbonyl (C=O) groups excluding carboxylic acids is 3. The normalized spacial score (nSPS) is 13.7. The minimum absolute atomic E-state index is 0.0353. The van der Waals surface area contributed by atoms with Crippen molar-refractivity contribution < 1.29 is 34.2 Å². The molecule has 0 bridgehead atoms. The standard InChI is InChI=1S/C31H35N7O7/c32-22(12-18-6-2-1-3-7-18)28(41)36-24(10-11-27(39)40)29(42)37-25(14-20-16-33-17-35-20)30(43)38-26(31(44)45)13-19-15-34-23-9-5-4-8-21(19)23/h1-9,15-17,22,24-26,34H,10-14,32H2,(H,33,35)(H,36,41)(H,37,42)(H,38,43)(H,39,40)(H,44,45). The van der Waals surface area contributed by atoms with E-state index in [2.05, 4.69) is 30.9 Å². The van der Waals surface area contributed by atoms with E-state index in [0.717, 1.165) is 16.5 Å². The van der Waals surface area contributed by atoms with Crippen LogP contribution in [0.4, 0.5) is 0 Å². The van der Waals surface area contributed by atoms with Crippen molar-refractivity contribution in [1.82, 2.24) is 30.9 Å². The maximum absolute atomic E-state index is 13.5. The molecule has 2 aromatic heterocycles. The minimum Gasteiger partial charge on any atom is -0.481 e. The lowest BCUT2D eigenvalue weighted by atomic mass is 10.0. The zero-order valence-corrected chi connectivity index (χ0v) is 24.2. The molecule has 2 aromatic carbocycles. The number of carboxylic acid groups (broad SMARTS) is 2. The Morgan fingerprint density at radius 1 is 0.778 bits per heavy atom. The van der Waals surface area contributed by atoms with Gasteiger partial charge in [0.05, 0.1) is 12.4 Å². The van der Waals surface area contributed by atoms with E-state index in [-0.39, 0.29) is 25.7 Å². The summed E-state index contributed by atoms with van der Waals surface area (Å²) in [5.41, 5.74) is 8.82. The molecule has 4 atom stereocenters. The lowest BCUT2D eigenvalue weighted by molar-refractivity contribution is -0.142. The van der Waals surface area contributed by atoms with Crippen molar-refractivity contribution in [2.75, 3.05) is 0 Å². The maximum atomic E-state index is 13.5. The zero-order valence-electron chi connectivity index (χ0n) is 24.2. The summed E-state index contributed by atoms with van der Waals surface area (Å²) in [5.74, 6) is -4.78. The second-order valence-corrected chi connectivity index (χ2v) is 10.6. The summed E-state index contributed by atoms with van der Waals surface area (Å²) in [6, 6.07) is 11.3. The molecule has 3 amide bonds. The third-order valence-corrected chi connectivity index (χ3v) is 7.24. The largest absolute Gasteiger partial charge is 0.481 e. The van der Waals surface area contributed by atoms with Crippen LogP contribution in [0.3, 0.4) is 0 Å². The number of hydrogen-bond donors (Lipinski definition) is 8. The number of imidazole rings is 1. The third-order valence-electron chi connectivity index (χ3n) is 7.24. The van der Waals surface area contributed by atoms with Crippen molar-refractivity contribution >= 4 is 40.6 Å². The van der Waals surface area contributed by atoms with E-state index in [4.69, 9.17) is 5.73 Å². The molecule has 14 nitrogen and oxygen atoms in total. The van der Waals surface area contributed by atoms with Crippen LogP contribution in [0.2, 0.25) is 0 Å². The number of amides is 3. The molecule has 236 valence electrons. The van der Waals surface area contributed by atoms with Crippen LogP contribution in [0.1, 0.15) is 29.7 Å². The van der Waals surface area contributed by atoms with Gasteiger partial charge in [0.2, 0.25) is 17.7 Å². The fourth-order valence-corrected chi connectivity index (χ4v) is 4.87. The Bertz CT molecular complexity index is 1620. The van der Waals surface area contributed by atoms with Gasteiger partial charge in [-0.1, -0.05) is 48.5 Å². The first-order valence-corrected chi connectivity index (χ1v) is 14.3. The molecule has 4 aromatic rings. The summed E-state index contributed by atoms with van der Waals surface area (Å²) in [6.07, 6.45) is 3.83. The van der Waals surface area contributed by atoms with E-state index in [0.29, 0.717) is 11.3 Å². The van der Waals surface area contributed by atoms with Crippen molar-refractivity contribution in [2.24, 2.45) is 5.73 Å². The van der Waals surface area contributed by atoms with Gasteiger partial charge in [-0.25, -0.2) is 9.78 Å². The molecular weight excluding hydrogens is 582 g/mol. The first-order chi connectivity index (χ1) is 21.6. The van der Waals surface area contributed by atoms with Gasteiger partial charge >= 0.3 is 11.9 Å². The number of fused-ring (bicyclic) bond motifs is 1. The van der Waals surface area contributed by atoms with Crippen LogP contribution < -0.4 is 21.7 Å². The molecule has 0 radical (unpaired) electrons. The molecule has 0 spiro atoms. The van der Waals surface area contributed by atoms with Gasteiger partial charge < -0.3 is 41.9 Å². The molecule has 4 unspecified atom stereocenters. The van der Waals surface area contributed by atoms with Crippen LogP contribution in [-0.2, 0) is 43.2 Å². The fraction of sp³-hybridized carbons (Fsp3) is 0.290. The Morgan fingerprint density at radius 2 is 1.44 bits per heavy atom. The molecule has 0 saturated carbocycles. The second kappa shape index (κ2) is 15.3. The van der Waals surface area contributed by atoms with Gasteiger partial charge in [-0.05, 0) is 30.0 Å². The molecule has 4 rings (SSSR count). The van der Waals surface area contributed by atoms with Crippen LogP contribution >= 0.6 is 0 Å². The zero-order chi connectivity index (χ0) is 32.3. The van der Waals surface area contributed by atoms with Gasteiger partial charge in [0.25, 0.3) is 0 Å². The Morgan fingerprint density at radius 3 is 2.13 bits per heavy atom. The van der Waals surface area contributed by atoms with Gasteiger partial charge in [-0.15, -0.1) is 0 Å². The molecule has 9 N–H and O–H groups in total. The average Bonchev–Trinajstić information content (AvgIpc) is 3.68. The maximum Gasteiger partial charge on any atom is 0.326 e. The Kier molecular flexibility index (Phi) is 11.0. The molecule has 2 heterocycles. The fourth-order valence-electron chi connectivity index (χ4n) is 4.87. The summed E-state index contributed by atoms with van der Waals surface area (Å²) in [4.78, 5) is 73.2. The SMILES string of the molecule is NC(Cc1ccccc1)C(=O)NC(CCC(=O)O)C(=O)NC(Cc1cnc[nH]1)C(=O)NC(Cc1c[nH]c2ccccc12)C(=O)O. The van der Waals surface area contributed by atoms with Gasteiger partial charge in [0.15, 0.2) is 0 Å². The highest BCUT2D eigenvalue weighted by molar-refractivity contribution is 5.94. The van der Waals surface area contributed by atoms with E-state index in [9.17, 15) is 34.2 Å². The molecular formula is C31H35N7O7. The molecule has 0 fully saturated rings. The Hall–Kier alpha value is -5.50. The number of aromatic amines is 2. The minimum atomic E-state index is -1.34. The number of nitrogens with zero attached hydrogens (tertiary/aromatic N) is 1. The number of carboxylic acids is 2. The van der Waals surface area contributed by atoms with Crippen molar-refractivity contribution in [3.05, 3.63) is 90.1 Å². The van der Waals surface area contributed by atoms with Gasteiger partial charge in [0, 0.05) is 48.3 Å². The predicted molar refractivity (Wildman–Crippen MR) is 163 cm³/mol. The van der Waals surface area contributed by atoms with E-state index in [1.54, 1.807) is 30.5 Å². The number of para-hydroxylation sites is 1.